The SMILES string of the molecule is C[C@]12CC[C@H](NC(=O)CCCN)CC1C(N=O)C[C@@H]1[C@@H]2CC[C@]2(C)C(=O)CC[C@@H]12. The second-order valence-electron chi connectivity index (χ2n) is 10.7. The van der Waals surface area contributed by atoms with E-state index in [9.17, 15) is 14.5 Å². The second kappa shape index (κ2) is 7.75. The molecule has 4 saturated carbocycles. The highest BCUT2D eigenvalue weighted by Gasteiger charge is 2.62. The van der Waals surface area contributed by atoms with Crippen LogP contribution in [-0.2, 0) is 9.59 Å². The first-order valence-corrected chi connectivity index (χ1v) is 11.7. The molecule has 8 atom stereocenters. The number of nitroso groups, excluding NO2 is 1. The minimum Gasteiger partial charge on any atom is -0.353 e. The Balaban J connectivity index is 1.52. The molecule has 4 rings (SSSR count). The van der Waals surface area contributed by atoms with Crippen LogP contribution < -0.4 is 11.1 Å². The average Bonchev–Trinajstić information content (AvgIpc) is 3.01. The van der Waals surface area contributed by atoms with Gasteiger partial charge in [-0.3, -0.25) is 9.59 Å². The van der Waals surface area contributed by atoms with Crippen LogP contribution in [0.4, 0.5) is 0 Å². The molecule has 0 aromatic heterocycles. The van der Waals surface area contributed by atoms with Crippen LogP contribution in [0, 0.1) is 39.4 Å². The average molecular weight is 404 g/mol. The van der Waals surface area contributed by atoms with Gasteiger partial charge in [-0.05, 0) is 87.0 Å². The van der Waals surface area contributed by atoms with Gasteiger partial charge in [0.15, 0.2) is 0 Å². The Hall–Kier alpha value is -1.30. The van der Waals surface area contributed by atoms with Crippen molar-refractivity contribution in [3.63, 3.8) is 0 Å². The summed E-state index contributed by atoms with van der Waals surface area (Å²) in [5.74, 6) is 2.18. The topological polar surface area (TPSA) is 102 Å². The Morgan fingerprint density at radius 2 is 1.93 bits per heavy atom. The highest BCUT2D eigenvalue weighted by Crippen LogP contribution is 2.65. The van der Waals surface area contributed by atoms with E-state index in [0.717, 1.165) is 44.9 Å². The van der Waals surface area contributed by atoms with Crippen molar-refractivity contribution in [1.29, 1.82) is 0 Å². The summed E-state index contributed by atoms with van der Waals surface area (Å²) >= 11 is 0. The molecule has 4 fully saturated rings. The maximum atomic E-state index is 12.6. The number of nitrogens with two attached hydrogens (primary N) is 1. The number of amides is 1. The molecule has 0 radical (unpaired) electrons. The van der Waals surface area contributed by atoms with Crippen LogP contribution in [0.15, 0.2) is 5.18 Å². The standard InChI is InChI=1S/C23H37N3O3/c1-22-9-7-14(25-21(28)4-3-11-24)12-18(22)19(26-29)13-15-16-5-6-20(27)23(16,2)10-8-17(15)22/h14-19H,3-13,24H2,1-2H3,(H,25,28)/t14-,15-,16-,17-,18?,19?,22+,23-/m0/s1. The van der Waals surface area contributed by atoms with E-state index >= 15 is 0 Å². The lowest BCUT2D eigenvalue weighted by atomic mass is 9.44. The molecule has 0 aromatic carbocycles. The summed E-state index contributed by atoms with van der Waals surface area (Å²) in [4.78, 5) is 36.7. The van der Waals surface area contributed by atoms with E-state index in [2.05, 4.69) is 24.3 Å². The van der Waals surface area contributed by atoms with Crippen molar-refractivity contribution in [2.24, 2.45) is 45.4 Å². The molecular formula is C23H37N3O3. The number of nitrogens with one attached hydrogen (secondary N) is 1. The highest BCUT2D eigenvalue weighted by molar-refractivity contribution is 5.87. The zero-order chi connectivity index (χ0) is 20.8. The summed E-state index contributed by atoms with van der Waals surface area (Å²) < 4.78 is 0. The molecule has 0 aliphatic heterocycles. The minimum atomic E-state index is -0.192. The van der Waals surface area contributed by atoms with Gasteiger partial charge in [-0.1, -0.05) is 19.0 Å². The van der Waals surface area contributed by atoms with E-state index < -0.39 is 0 Å². The van der Waals surface area contributed by atoms with E-state index in [-0.39, 0.29) is 34.7 Å². The Morgan fingerprint density at radius 1 is 1.14 bits per heavy atom. The summed E-state index contributed by atoms with van der Waals surface area (Å²) in [6.45, 7) is 5.08. The lowest BCUT2D eigenvalue weighted by Gasteiger charge is -2.61. The number of Topliss-reactive ketones (excluding diaryl/α,β-unsaturated/α-hetero) is 1. The van der Waals surface area contributed by atoms with Crippen molar-refractivity contribution >= 4 is 11.7 Å². The molecular weight excluding hydrogens is 366 g/mol. The van der Waals surface area contributed by atoms with Crippen LogP contribution in [0.5, 0.6) is 0 Å². The lowest BCUT2D eigenvalue weighted by molar-refractivity contribution is -0.141. The maximum absolute atomic E-state index is 12.6. The first-order chi connectivity index (χ1) is 13.8. The molecule has 1 amide bonds. The zero-order valence-corrected chi connectivity index (χ0v) is 18.0. The van der Waals surface area contributed by atoms with Crippen molar-refractivity contribution in [2.75, 3.05) is 6.54 Å². The molecule has 0 heterocycles. The Morgan fingerprint density at radius 3 is 2.66 bits per heavy atom. The van der Waals surface area contributed by atoms with Gasteiger partial charge in [-0.2, -0.15) is 4.91 Å². The Labute approximate surface area is 174 Å². The number of hydrogen-bond acceptors (Lipinski definition) is 5. The van der Waals surface area contributed by atoms with Crippen LogP contribution in [-0.4, -0.2) is 30.3 Å². The fourth-order valence-corrected chi connectivity index (χ4v) is 7.88. The molecule has 3 N–H and O–H groups in total. The summed E-state index contributed by atoms with van der Waals surface area (Å²) in [7, 11) is 0. The van der Waals surface area contributed by atoms with E-state index in [1.54, 1.807) is 0 Å². The molecule has 6 nitrogen and oxygen atoms in total. The van der Waals surface area contributed by atoms with Gasteiger partial charge >= 0.3 is 0 Å². The summed E-state index contributed by atoms with van der Waals surface area (Å²) in [6, 6.07) is -0.0517. The third kappa shape index (κ3) is 3.35. The normalized spacial score (nSPS) is 46.4. The highest BCUT2D eigenvalue weighted by atomic mass is 16.3. The molecule has 6 heteroatoms. The van der Waals surface area contributed by atoms with Crippen molar-refractivity contribution < 1.29 is 9.59 Å². The summed E-state index contributed by atoms with van der Waals surface area (Å²) in [5.41, 5.74) is 5.44. The first-order valence-electron chi connectivity index (χ1n) is 11.7. The van der Waals surface area contributed by atoms with Crippen molar-refractivity contribution in [3.05, 3.63) is 4.91 Å². The van der Waals surface area contributed by atoms with Gasteiger partial charge in [0.25, 0.3) is 0 Å². The smallest absolute Gasteiger partial charge is 0.220 e. The molecule has 4 aliphatic rings. The van der Waals surface area contributed by atoms with Crippen molar-refractivity contribution in [1.82, 2.24) is 5.32 Å². The fourth-order valence-electron chi connectivity index (χ4n) is 7.88. The number of nitrogens with zero attached hydrogens (tertiary/aromatic N) is 1. The van der Waals surface area contributed by atoms with Crippen LogP contribution in [0.3, 0.4) is 0 Å². The third-order valence-electron chi connectivity index (χ3n) is 9.50. The van der Waals surface area contributed by atoms with E-state index in [0.29, 0.717) is 49.3 Å². The van der Waals surface area contributed by atoms with Gasteiger partial charge in [0.2, 0.25) is 5.91 Å². The molecule has 0 bridgehead atoms. The number of carbonyl (C=O) groups is 2. The monoisotopic (exact) mass is 403 g/mol. The van der Waals surface area contributed by atoms with E-state index in [4.69, 9.17) is 5.73 Å². The van der Waals surface area contributed by atoms with Gasteiger partial charge in [0.05, 0.1) is 6.04 Å². The number of carbonyl (C=O) groups excluding carboxylic acids is 2. The maximum Gasteiger partial charge on any atom is 0.220 e. The molecule has 0 spiro atoms. The van der Waals surface area contributed by atoms with Crippen LogP contribution in [0.1, 0.15) is 78.1 Å². The minimum absolute atomic E-state index is 0.0752. The van der Waals surface area contributed by atoms with Crippen LogP contribution in [0.25, 0.3) is 0 Å². The van der Waals surface area contributed by atoms with Gasteiger partial charge in [-0.15, -0.1) is 0 Å². The Bertz CT molecular complexity index is 682. The predicted molar refractivity (Wildman–Crippen MR) is 112 cm³/mol. The first kappa shape index (κ1) is 21.0. The summed E-state index contributed by atoms with van der Waals surface area (Å²) in [5, 5.41) is 6.81. The van der Waals surface area contributed by atoms with Crippen LogP contribution in [0.2, 0.25) is 0 Å². The third-order valence-corrected chi connectivity index (χ3v) is 9.50. The molecule has 2 unspecified atom stereocenters. The quantitative estimate of drug-likeness (QED) is 0.685. The molecule has 0 saturated heterocycles. The lowest BCUT2D eigenvalue weighted by Crippen LogP contribution is -2.59. The molecule has 4 aliphatic carbocycles. The number of hydrogen-bond donors (Lipinski definition) is 2. The second-order valence-corrected chi connectivity index (χ2v) is 10.7. The largest absolute Gasteiger partial charge is 0.353 e. The summed E-state index contributed by atoms with van der Waals surface area (Å²) in [6.07, 6.45) is 8.66. The zero-order valence-electron chi connectivity index (χ0n) is 18.0. The van der Waals surface area contributed by atoms with Gasteiger partial charge in [0.1, 0.15) is 5.78 Å². The Kier molecular flexibility index (Phi) is 5.60. The van der Waals surface area contributed by atoms with Gasteiger partial charge in [0, 0.05) is 24.3 Å². The predicted octanol–water partition coefficient (Wildman–Crippen LogP) is 3.57. The van der Waals surface area contributed by atoms with Gasteiger partial charge < -0.3 is 11.1 Å². The molecule has 162 valence electrons. The number of rotatable bonds is 5. The van der Waals surface area contributed by atoms with Gasteiger partial charge in [-0.25, -0.2) is 0 Å². The van der Waals surface area contributed by atoms with E-state index in [1.807, 2.05) is 0 Å². The fraction of sp³-hybridized carbons (Fsp3) is 0.913. The van der Waals surface area contributed by atoms with Crippen LogP contribution >= 0.6 is 0 Å². The number of fused-ring (bicyclic) bond motifs is 5. The molecule has 29 heavy (non-hydrogen) atoms. The number of ketones is 1. The van der Waals surface area contributed by atoms with Crippen molar-refractivity contribution in [2.45, 2.75) is 90.1 Å². The van der Waals surface area contributed by atoms with Crippen molar-refractivity contribution in [3.8, 4) is 0 Å². The van der Waals surface area contributed by atoms with E-state index in [1.165, 1.54) is 0 Å². The molecule has 0 aromatic rings.